The van der Waals surface area contributed by atoms with Crippen LogP contribution in [0.15, 0.2) is 46.2 Å². The van der Waals surface area contributed by atoms with Crippen molar-refractivity contribution >= 4 is 44.2 Å². The first-order valence-corrected chi connectivity index (χ1v) is 13.9. The first-order chi connectivity index (χ1) is 18.0. The van der Waals surface area contributed by atoms with Crippen molar-refractivity contribution in [1.29, 1.82) is 0 Å². The number of benzene rings is 2. The summed E-state index contributed by atoms with van der Waals surface area (Å²) in [5.41, 5.74) is 1.03. The molecular weight excluding hydrogens is 537 g/mol. The lowest BCUT2D eigenvalue weighted by Gasteiger charge is -2.15. The van der Waals surface area contributed by atoms with Gasteiger partial charge in [0.25, 0.3) is 5.91 Å². The first kappa shape index (κ1) is 27.2. The molecule has 0 aliphatic heterocycles. The monoisotopic (exact) mass is 561 g/mol. The fourth-order valence-electron chi connectivity index (χ4n) is 3.71. The number of carboxylic acid groups (broad SMARTS) is 1. The summed E-state index contributed by atoms with van der Waals surface area (Å²) in [6.45, 7) is 3.38. The van der Waals surface area contributed by atoms with Crippen molar-refractivity contribution in [3.8, 4) is 17.1 Å². The molecule has 38 heavy (non-hydrogen) atoms. The maximum absolute atomic E-state index is 13.5. The summed E-state index contributed by atoms with van der Waals surface area (Å²) in [4.78, 5) is 27.7. The van der Waals surface area contributed by atoms with E-state index in [9.17, 15) is 22.4 Å². The highest BCUT2D eigenvalue weighted by molar-refractivity contribution is 7.88. The summed E-state index contributed by atoms with van der Waals surface area (Å²) in [6.07, 6.45) is -0.307. The summed E-state index contributed by atoms with van der Waals surface area (Å²) in [7, 11) is -2.46. The molecule has 0 saturated heterocycles. The molecule has 4 aromatic rings. The molecule has 0 unspecified atom stereocenters. The molecule has 0 radical (unpaired) electrons. The summed E-state index contributed by atoms with van der Waals surface area (Å²) < 4.78 is 53.7. The second-order valence-corrected chi connectivity index (χ2v) is 11.3. The Morgan fingerprint density at radius 2 is 1.92 bits per heavy atom. The van der Waals surface area contributed by atoms with Gasteiger partial charge in [0.2, 0.25) is 10.0 Å². The molecule has 0 atom stereocenters. The second kappa shape index (κ2) is 10.9. The van der Waals surface area contributed by atoms with Crippen LogP contribution in [0.1, 0.15) is 45.3 Å². The van der Waals surface area contributed by atoms with Crippen molar-refractivity contribution in [2.24, 2.45) is 0 Å². The zero-order valence-corrected chi connectivity index (χ0v) is 22.2. The van der Waals surface area contributed by atoms with Gasteiger partial charge in [0.1, 0.15) is 27.9 Å². The van der Waals surface area contributed by atoms with Crippen LogP contribution in [-0.4, -0.2) is 43.5 Å². The number of thiazole rings is 1. The number of halogens is 1. The number of hydrogen-bond acceptors (Lipinski definition) is 8. The number of aromatic nitrogens is 1. The second-order valence-electron chi connectivity index (χ2n) is 8.53. The van der Waals surface area contributed by atoms with Crippen LogP contribution >= 0.6 is 11.3 Å². The zero-order valence-electron chi connectivity index (χ0n) is 20.6. The largest absolute Gasteiger partial charge is 0.491 e. The Balaban J connectivity index is 1.73. The molecule has 0 spiro atoms. The zero-order chi connectivity index (χ0) is 27.6. The van der Waals surface area contributed by atoms with Crippen LogP contribution in [-0.2, 0) is 22.3 Å². The van der Waals surface area contributed by atoms with Crippen LogP contribution in [0, 0.1) is 5.82 Å². The third-order valence-electron chi connectivity index (χ3n) is 5.35. The quantitative estimate of drug-likeness (QED) is 0.261. The van der Waals surface area contributed by atoms with Crippen molar-refractivity contribution in [2.75, 3.05) is 7.05 Å². The molecule has 2 heterocycles. The Hall–Kier alpha value is -3.81. The average molecular weight is 562 g/mol. The SMILES string of the molecule is CNC(=O)c1c(-c2ccc(F)cc2)oc2cc(CS(=O)(=O)NCc3nc(C(=O)O)cs3)c(OC(C)C)cc12. The molecular formula is C25H24FN3O7S2. The number of hydrogen-bond donors (Lipinski definition) is 3. The van der Waals surface area contributed by atoms with Gasteiger partial charge in [-0.05, 0) is 50.2 Å². The number of nitrogens with zero attached hydrogens (tertiary/aromatic N) is 1. The molecule has 2 aromatic carbocycles. The van der Waals surface area contributed by atoms with Gasteiger partial charge in [-0.2, -0.15) is 0 Å². The van der Waals surface area contributed by atoms with Gasteiger partial charge < -0.3 is 19.6 Å². The molecule has 2 aromatic heterocycles. The molecule has 0 aliphatic carbocycles. The highest BCUT2D eigenvalue weighted by Crippen LogP contribution is 2.38. The molecule has 1 amide bonds. The number of amides is 1. The maximum atomic E-state index is 13.5. The molecule has 0 bridgehead atoms. The van der Waals surface area contributed by atoms with E-state index in [-0.39, 0.29) is 46.6 Å². The number of carbonyl (C=O) groups excluding carboxylic acids is 1. The predicted octanol–water partition coefficient (Wildman–Crippen LogP) is 4.16. The van der Waals surface area contributed by atoms with Gasteiger partial charge in [-0.3, -0.25) is 4.79 Å². The minimum absolute atomic E-state index is 0.163. The Morgan fingerprint density at radius 1 is 1.21 bits per heavy atom. The van der Waals surface area contributed by atoms with Crippen molar-refractivity contribution in [3.05, 3.63) is 69.4 Å². The van der Waals surface area contributed by atoms with Gasteiger partial charge in [-0.1, -0.05) is 0 Å². The lowest BCUT2D eigenvalue weighted by atomic mass is 10.0. The van der Waals surface area contributed by atoms with E-state index in [0.717, 1.165) is 11.3 Å². The predicted molar refractivity (Wildman–Crippen MR) is 139 cm³/mol. The van der Waals surface area contributed by atoms with Gasteiger partial charge in [-0.25, -0.2) is 27.3 Å². The number of aromatic carboxylic acids is 1. The van der Waals surface area contributed by atoms with Crippen LogP contribution in [0.5, 0.6) is 5.75 Å². The van der Waals surface area contributed by atoms with Crippen molar-refractivity contribution in [1.82, 2.24) is 15.0 Å². The van der Waals surface area contributed by atoms with Crippen molar-refractivity contribution in [2.45, 2.75) is 32.2 Å². The lowest BCUT2D eigenvalue weighted by Crippen LogP contribution is -2.25. The molecule has 0 fully saturated rings. The number of fused-ring (bicyclic) bond motifs is 1. The standard InChI is InChI=1S/C25H24FN3O7S2/c1-13(2)35-19-9-17-20(36-23(22(17)24(30)27-3)14-4-6-16(26)7-5-14)8-15(19)12-38(33,34)28-10-21-29-18(11-37-21)25(31)32/h4-9,11,13,28H,10,12H2,1-3H3,(H,27,30)(H,31,32). The van der Waals surface area contributed by atoms with E-state index in [4.69, 9.17) is 14.3 Å². The van der Waals surface area contributed by atoms with Crippen LogP contribution in [0.3, 0.4) is 0 Å². The Kier molecular flexibility index (Phi) is 7.81. The van der Waals surface area contributed by atoms with Crippen LogP contribution in [0.4, 0.5) is 4.39 Å². The Bertz CT molecular complexity index is 1610. The molecule has 10 nitrogen and oxygen atoms in total. The molecule has 13 heteroatoms. The average Bonchev–Trinajstić information content (AvgIpc) is 3.47. The molecule has 4 rings (SSSR count). The lowest BCUT2D eigenvalue weighted by molar-refractivity contribution is 0.0690. The smallest absolute Gasteiger partial charge is 0.355 e. The van der Waals surface area contributed by atoms with E-state index in [1.807, 2.05) is 0 Å². The van der Waals surface area contributed by atoms with E-state index in [0.29, 0.717) is 16.0 Å². The van der Waals surface area contributed by atoms with E-state index in [2.05, 4.69) is 15.0 Å². The number of sulfonamides is 1. The molecule has 3 N–H and O–H groups in total. The highest BCUT2D eigenvalue weighted by atomic mass is 32.2. The van der Waals surface area contributed by atoms with Crippen LogP contribution in [0.2, 0.25) is 0 Å². The molecule has 0 saturated carbocycles. The molecule has 0 aliphatic rings. The summed E-state index contributed by atoms with van der Waals surface area (Å²) in [5, 5.41) is 13.6. The number of ether oxygens (including phenoxy) is 1. The number of carboxylic acids is 1. The van der Waals surface area contributed by atoms with Crippen LogP contribution < -0.4 is 14.8 Å². The third kappa shape index (κ3) is 6.01. The summed E-state index contributed by atoms with van der Waals surface area (Å²) in [5.74, 6) is -2.12. The summed E-state index contributed by atoms with van der Waals surface area (Å²) in [6, 6.07) is 8.51. The van der Waals surface area contributed by atoms with E-state index in [1.54, 1.807) is 19.9 Å². The van der Waals surface area contributed by atoms with Crippen LogP contribution in [0.25, 0.3) is 22.3 Å². The minimum Gasteiger partial charge on any atom is -0.491 e. The van der Waals surface area contributed by atoms with E-state index >= 15 is 0 Å². The van der Waals surface area contributed by atoms with E-state index < -0.39 is 33.5 Å². The van der Waals surface area contributed by atoms with Gasteiger partial charge >= 0.3 is 5.97 Å². The maximum Gasteiger partial charge on any atom is 0.355 e. The van der Waals surface area contributed by atoms with Gasteiger partial charge in [0.15, 0.2) is 5.69 Å². The molecule has 200 valence electrons. The number of furan rings is 1. The van der Waals surface area contributed by atoms with Gasteiger partial charge in [-0.15, -0.1) is 11.3 Å². The minimum atomic E-state index is -3.93. The Morgan fingerprint density at radius 3 is 2.53 bits per heavy atom. The fourth-order valence-corrected chi connectivity index (χ4v) is 5.61. The highest BCUT2D eigenvalue weighted by Gasteiger charge is 2.25. The first-order valence-electron chi connectivity index (χ1n) is 11.4. The Labute approximate surface area is 221 Å². The summed E-state index contributed by atoms with van der Waals surface area (Å²) >= 11 is 1.03. The number of rotatable bonds is 10. The van der Waals surface area contributed by atoms with Gasteiger partial charge in [0, 0.05) is 28.9 Å². The fraction of sp³-hybridized carbons (Fsp3) is 0.240. The number of carbonyl (C=O) groups is 2. The van der Waals surface area contributed by atoms with Crippen molar-refractivity contribution in [3.63, 3.8) is 0 Å². The third-order valence-corrected chi connectivity index (χ3v) is 7.48. The topological polar surface area (TPSA) is 148 Å². The normalized spacial score (nSPS) is 11.7. The number of nitrogens with one attached hydrogen (secondary N) is 2. The van der Waals surface area contributed by atoms with Gasteiger partial charge in [0.05, 0.1) is 24.0 Å². The van der Waals surface area contributed by atoms with Crippen molar-refractivity contribution < 1.29 is 36.7 Å². The van der Waals surface area contributed by atoms with E-state index in [1.165, 1.54) is 42.8 Å².